The first-order valence-electron chi connectivity index (χ1n) is 13.4. The molecule has 0 spiro atoms. The fourth-order valence-corrected chi connectivity index (χ4v) is 7.80. The molecule has 0 bridgehead atoms. The largest absolute Gasteiger partial charge is 0.506 e. The highest BCUT2D eigenvalue weighted by molar-refractivity contribution is 6.60. The molecule has 0 aliphatic carbocycles. The molecule has 30 heavy (non-hydrogen) atoms. The molecule has 1 heterocycles. The normalized spacial score (nSPS) is 16.8. The van der Waals surface area contributed by atoms with E-state index in [0.29, 0.717) is 19.8 Å². The predicted molar refractivity (Wildman–Crippen MR) is 131 cm³/mol. The van der Waals surface area contributed by atoms with Gasteiger partial charge in [0.1, 0.15) is 0 Å². The molecular weight excluding hydrogens is 390 g/mol. The van der Waals surface area contributed by atoms with Crippen LogP contribution < -0.4 is 0 Å². The van der Waals surface area contributed by atoms with Crippen molar-refractivity contribution in [2.45, 2.75) is 117 Å². The van der Waals surface area contributed by atoms with E-state index in [4.69, 9.17) is 13.3 Å². The number of rotatable bonds is 20. The molecule has 0 aromatic heterocycles. The molecule has 0 saturated carbocycles. The highest BCUT2D eigenvalue weighted by Crippen LogP contribution is 2.25. The molecule has 1 aliphatic rings. The lowest BCUT2D eigenvalue weighted by Gasteiger charge is -2.43. The van der Waals surface area contributed by atoms with Crippen LogP contribution in [0.25, 0.3) is 0 Å². The number of hydrogen-bond acceptors (Lipinski definition) is 3. The van der Waals surface area contributed by atoms with E-state index in [1.165, 1.54) is 114 Å². The third-order valence-electron chi connectivity index (χ3n) is 6.74. The van der Waals surface area contributed by atoms with Gasteiger partial charge in [-0.2, -0.15) is 0 Å². The van der Waals surface area contributed by atoms with E-state index < -0.39 is 8.80 Å². The smallest absolute Gasteiger partial charge is 0.374 e. The molecule has 5 heteroatoms. The maximum atomic E-state index is 6.14. The molecule has 0 amide bonds. The standard InChI is InChI=1S/C25H54NO3Si/c1-5-9-10-11-12-13-14-15-16-18-21-26(22-19-17-20-23-26)24-25-30(27-6-2,28-7-3)29-8-4/h5-25H2,1-4H3/q+1. The summed E-state index contributed by atoms with van der Waals surface area (Å²) in [4.78, 5) is 0. The highest BCUT2D eigenvalue weighted by Gasteiger charge is 2.44. The summed E-state index contributed by atoms with van der Waals surface area (Å²) in [7, 11) is -2.52. The zero-order valence-electron chi connectivity index (χ0n) is 21.0. The minimum Gasteiger partial charge on any atom is -0.374 e. The Hall–Kier alpha value is 0.0569. The van der Waals surface area contributed by atoms with Gasteiger partial charge in [-0.1, -0.05) is 58.3 Å². The van der Waals surface area contributed by atoms with Gasteiger partial charge in [-0.15, -0.1) is 0 Å². The third-order valence-corrected chi connectivity index (χ3v) is 9.76. The van der Waals surface area contributed by atoms with Crippen LogP contribution in [0.15, 0.2) is 0 Å². The summed E-state index contributed by atoms with van der Waals surface area (Å²) >= 11 is 0. The summed E-state index contributed by atoms with van der Waals surface area (Å²) in [5.41, 5.74) is 0. The fraction of sp³-hybridized carbons (Fsp3) is 1.00. The Balaban J connectivity index is 2.41. The molecule has 1 rings (SSSR count). The van der Waals surface area contributed by atoms with Crippen LogP contribution in [-0.2, 0) is 13.3 Å². The first-order chi connectivity index (χ1) is 14.7. The van der Waals surface area contributed by atoms with E-state index in [0.717, 1.165) is 6.04 Å². The van der Waals surface area contributed by atoms with E-state index in [1.54, 1.807) is 0 Å². The molecule has 0 unspecified atom stereocenters. The van der Waals surface area contributed by atoms with Crippen molar-refractivity contribution in [3.05, 3.63) is 0 Å². The lowest BCUT2D eigenvalue weighted by Crippen LogP contribution is -2.56. The van der Waals surface area contributed by atoms with Gasteiger partial charge in [0.2, 0.25) is 0 Å². The van der Waals surface area contributed by atoms with Gasteiger partial charge in [-0.25, -0.2) is 0 Å². The summed E-state index contributed by atoms with van der Waals surface area (Å²) in [6.45, 7) is 15.7. The number of unbranched alkanes of at least 4 members (excludes halogenated alkanes) is 9. The quantitative estimate of drug-likeness (QED) is 0.115. The number of hydrogen-bond donors (Lipinski definition) is 0. The van der Waals surface area contributed by atoms with Crippen molar-refractivity contribution in [3.8, 4) is 0 Å². The lowest BCUT2D eigenvalue weighted by atomic mass is 10.0. The topological polar surface area (TPSA) is 27.7 Å². The van der Waals surface area contributed by atoms with Crippen LogP contribution in [0.5, 0.6) is 0 Å². The van der Waals surface area contributed by atoms with Gasteiger partial charge in [-0.3, -0.25) is 0 Å². The minimum absolute atomic E-state index is 0.685. The Morgan fingerprint density at radius 2 is 1.03 bits per heavy atom. The van der Waals surface area contributed by atoms with Crippen LogP contribution >= 0.6 is 0 Å². The summed E-state index contributed by atoms with van der Waals surface area (Å²) in [6, 6.07) is 0.972. The van der Waals surface area contributed by atoms with Crippen molar-refractivity contribution in [2.24, 2.45) is 0 Å². The second-order valence-electron chi connectivity index (χ2n) is 9.21. The molecule has 1 fully saturated rings. The van der Waals surface area contributed by atoms with E-state index in [2.05, 4.69) is 27.7 Å². The van der Waals surface area contributed by atoms with Crippen molar-refractivity contribution in [1.29, 1.82) is 0 Å². The van der Waals surface area contributed by atoms with Crippen LogP contribution in [0.1, 0.15) is 111 Å². The second kappa shape index (κ2) is 17.6. The molecule has 0 aromatic carbocycles. The van der Waals surface area contributed by atoms with Crippen LogP contribution in [-0.4, -0.2) is 59.3 Å². The predicted octanol–water partition coefficient (Wildman–Crippen LogP) is 6.96. The molecule has 0 radical (unpaired) electrons. The Kier molecular flexibility index (Phi) is 16.5. The van der Waals surface area contributed by atoms with Crippen molar-refractivity contribution in [1.82, 2.24) is 0 Å². The SMILES string of the molecule is CCCCCCCCCCCC[N+]1(CC[Si](OCC)(OCC)OCC)CCCCC1. The first kappa shape index (κ1) is 28.1. The van der Waals surface area contributed by atoms with Gasteiger partial charge in [0.15, 0.2) is 0 Å². The Morgan fingerprint density at radius 1 is 0.567 bits per heavy atom. The summed E-state index contributed by atoms with van der Waals surface area (Å²) in [5, 5.41) is 0. The molecular formula is C25H54NO3Si+. The van der Waals surface area contributed by atoms with E-state index >= 15 is 0 Å². The van der Waals surface area contributed by atoms with Crippen molar-refractivity contribution >= 4 is 8.80 Å². The number of quaternary nitrogens is 1. The maximum Gasteiger partial charge on any atom is 0.506 e. The van der Waals surface area contributed by atoms with Crippen LogP contribution in [0.4, 0.5) is 0 Å². The second-order valence-corrected chi connectivity index (χ2v) is 11.9. The van der Waals surface area contributed by atoms with Crippen molar-refractivity contribution in [3.63, 3.8) is 0 Å². The van der Waals surface area contributed by atoms with E-state index in [-0.39, 0.29) is 0 Å². The van der Waals surface area contributed by atoms with Gasteiger partial charge < -0.3 is 17.8 Å². The van der Waals surface area contributed by atoms with Crippen molar-refractivity contribution < 1.29 is 17.8 Å². The lowest BCUT2D eigenvalue weighted by molar-refractivity contribution is -0.931. The molecule has 0 N–H and O–H groups in total. The highest BCUT2D eigenvalue weighted by atomic mass is 28.4. The van der Waals surface area contributed by atoms with Crippen LogP contribution in [0.2, 0.25) is 6.04 Å². The van der Waals surface area contributed by atoms with E-state index in [1.807, 2.05) is 0 Å². The van der Waals surface area contributed by atoms with Gasteiger partial charge in [0.25, 0.3) is 0 Å². The molecule has 1 aliphatic heterocycles. The zero-order valence-corrected chi connectivity index (χ0v) is 22.0. The average Bonchev–Trinajstić information content (AvgIpc) is 2.75. The average molecular weight is 445 g/mol. The summed E-state index contributed by atoms with van der Waals surface area (Å²) in [5.74, 6) is 0. The Morgan fingerprint density at radius 3 is 1.50 bits per heavy atom. The number of likely N-dealkylation sites (tertiary alicyclic amines) is 1. The number of nitrogens with zero attached hydrogens (tertiary/aromatic N) is 1. The van der Waals surface area contributed by atoms with Crippen molar-refractivity contribution in [2.75, 3.05) is 46.0 Å². The summed E-state index contributed by atoms with van der Waals surface area (Å²) < 4.78 is 19.7. The first-order valence-corrected chi connectivity index (χ1v) is 15.4. The molecule has 180 valence electrons. The monoisotopic (exact) mass is 444 g/mol. The third kappa shape index (κ3) is 11.6. The van der Waals surface area contributed by atoms with Crippen LogP contribution in [0, 0.1) is 0 Å². The van der Waals surface area contributed by atoms with Gasteiger partial charge >= 0.3 is 8.80 Å². The fourth-order valence-electron chi connectivity index (χ4n) is 5.05. The van der Waals surface area contributed by atoms with Gasteiger partial charge in [-0.05, 0) is 52.9 Å². The Bertz CT molecular complexity index is 372. The van der Waals surface area contributed by atoms with Gasteiger partial charge in [0, 0.05) is 19.8 Å². The van der Waals surface area contributed by atoms with Gasteiger partial charge in [0.05, 0.1) is 32.2 Å². The molecule has 0 aromatic rings. The number of piperidine rings is 1. The Labute approximate surface area is 190 Å². The van der Waals surface area contributed by atoms with Crippen LogP contribution in [0.3, 0.4) is 0 Å². The molecule has 1 saturated heterocycles. The zero-order chi connectivity index (χ0) is 22.0. The molecule has 4 nitrogen and oxygen atoms in total. The molecule has 0 atom stereocenters. The summed E-state index contributed by atoms with van der Waals surface area (Å²) in [6.07, 6.45) is 18.3. The van der Waals surface area contributed by atoms with E-state index in [9.17, 15) is 0 Å². The maximum absolute atomic E-state index is 6.14. The minimum atomic E-state index is -2.52.